The Hall–Kier alpha value is -1.57. The maximum atomic E-state index is 11.5. The average molecular weight is 223 g/mol. The van der Waals surface area contributed by atoms with Crippen LogP contribution in [0.1, 0.15) is 33.1 Å². The molecule has 88 valence electrons. The molecule has 1 fully saturated rings. The van der Waals surface area contributed by atoms with Crippen molar-refractivity contribution < 1.29 is 9.59 Å². The van der Waals surface area contributed by atoms with Gasteiger partial charge in [-0.1, -0.05) is 6.92 Å². The first-order valence-electron chi connectivity index (χ1n) is 5.58. The molecular formula is C11H17N3O2. The summed E-state index contributed by atoms with van der Waals surface area (Å²) in [5.41, 5.74) is 0. The van der Waals surface area contributed by atoms with Gasteiger partial charge >= 0.3 is 0 Å². The highest BCUT2D eigenvalue weighted by molar-refractivity contribution is 5.89. The zero-order valence-electron chi connectivity index (χ0n) is 9.62. The van der Waals surface area contributed by atoms with Gasteiger partial charge in [-0.15, -0.1) is 0 Å². The fraction of sp³-hybridized carbons (Fsp3) is 0.727. The van der Waals surface area contributed by atoms with E-state index in [1.165, 1.54) is 0 Å². The highest BCUT2D eigenvalue weighted by Gasteiger charge is 2.27. The Kier molecular flexibility index (Phi) is 4.29. The van der Waals surface area contributed by atoms with Gasteiger partial charge in [0.1, 0.15) is 12.0 Å². The third-order valence-electron chi connectivity index (χ3n) is 2.56. The van der Waals surface area contributed by atoms with E-state index in [0.717, 1.165) is 12.8 Å². The van der Waals surface area contributed by atoms with Crippen molar-refractivity contribution in [2.75, 3.05) is 0 Å². The van der Waals surface area contributed by atoms with Crippen LogP contribution in [-0.2, 0) is 9.59 Å². The maximum Gasteiger partial charge on any atom is 0.242 e. The average Bonchev–Trinajstić information content (AvgIpc) is 3.03. The maximum absolute atomic E-state index is 11.5. The van der Waals surface area contributed by atoms with Crippen molar-refractivity contribution in [1.82, 2.24) is 10.6 Å². The van der Waals surface area contributed by atoms with Crippen LogP contribution in [0.4, 0.5) is 0 Å². The number of nitrogens with one attached hydrogen (secondary N) is 2. The number of amides is 2. The fourth-order valence-electron chi connectivity index (χ4n) is 1.27. The van der Waals surface area contributed by atoms with Gasteiger partial charge in [-0.2, -0.15) is 5.26 Å². The van der Waals surface area contributed by atoms with Crippen molar-refractivity contribution in [2.45, 2.75) is 45.2 Å². The normalized spacial score (nSPS) is 18.1. The molecule has 1 aliphatic rings. The summed E-state index contributed by atoms with van der Waals surface area (Å²) in [6, 6.07) is 1.61. The molecule has 0 radical (unpaired) electrons. The zero-order valence-corrected chi connectivity index (χ0v) is 9.62. The second-order valence-electron chi connectivity index (χ2n) is 4.10. The second kappa shape index (κ2) is 5.50. The van der Waals surface area contributed by atoms with Gasteiger partial charge in [0, 0.05) is 6.04 Å². The van der Waals surface area contributed by atoms with Gasteiger partial charge in [-0.05, 0) is 26.2 Å². The topological polar surface area (TPSA) is 82.0 Å². The Morgan fingerprint density at radius 2 is 2.06 bits per heavy atom. The summed E-state index contributed by atoms with van der Waals surface area (Å²) in [5, 5.41) is 14.0. The molecule has 5 nitrogen and oxygen atoms in total. The highest BCUT2D eigenvalue weighted by Crippen LogP contribution is 2.18. The number of nitrogens with zero attached hydrogens (tertiary/aromatic N) is 1. The number of hydrogen-bond donors (Lipinski definition) is 2. The van der Waals surface area contributed by atoms with Gasteiger partial charge in [0.15, 0.2) is 0 Å². The van der Waals surface area contributed by atoms with Crippen LogP contribution in [-0.4, -0.2) is 23.9 Å². The first-order chi connectivity index (χ1) is 7.58. The Morgan fingerprint density at radius 3 is 2.50 bits per heavy atom. The van der Waals surface area contributed by atoms with Crippen molar-refractivity contribution in [2.24, 2.45) is 5.92 Å². The predicted octanol–water partition coefficient (Wildman–Crippen LogP) is 0.319. The number of nitriles is 1. The van der Waals surface area contributed by atoms with Crippen LogP contribution in [0.5, 0.6) is 0 Å². The van der Waals surface area contributed by atoms with E-state index in [1.807, 2.05) is 6.07 Å². The molecule has 0 aromatic heterocycles. The lowest BCUT2D eigenvalue weighted by Gasteiger charge is -2.15. The lowest BCUT2D eigenvalue weighted by molar-refractivity contribution is -0.129. The molecule has 2 atom stereocenters. The third-order valence-corrected chi connectivity index (χ3v) is 2.56. The third kappa shape index (κ3) is 3.54. The van der Waals surface area contributed by atoms with E-state index >= 15 is 0 Å². The quantitative estimate of drug-likeness (QED) is 0.704. The first kappa shape index (κ1) is 12.5. The van der Waals surface area contributed by atoms with Gasteiger partial charge in [0.05, 0.1) is 6.07 Å². The molecule has 0 aromatic carbocycles. The Labute approximate surface area is 95.2 Å². The predicted molar refractivity (Wildman–Crippen MR) is 58.2 cm³/mol. The molecule has 2 N–H and O–H groups in total. The lowest BCUT2D eigenvalue weighted by atomic mass is 10.1. The molecule has 2 amide bonds. The standard InChI is InChI=1S/C11H17N3O2/c1-3-8(6-12)11(16)13-7(2)10(15)14-9-4-5-9/h7-9H,3-5H2,1-2H3,(H,13,16)(H,14,15). The zero-order chi connectivity index (χ0) is 12.1. The second-order valence-corrected chi connectivity index (χ2v) is 4.10. The molecule has 0 aliphatic heterocycles. The largest absolute Gasteiger partial charge is 0.352 e. The van der Waals surface area contributed by atoms with E-state index in [4.69, 9.17) is 5.26 Å². The Morgan fingerprint density at radius 1 is 1.44 bits per heavy atom. The van der Waals surface area contributed by atoms with Crippen LogP contribution in [0.3, 0.4) is 0 Å². The van der Waals surface area contributed by atoms with Crippen LogP contribution >= 0.6 is 0 Å². The van der Waals surface area contributed by atoms with Crippen LogP contribution in [0, 0.1) is 17.2 Å². The fourth-order valence-corrected chi connectivity index (χ4v) is 1.27. The summed E-state index contributed by atoms with van der Waals surface area (Å²) in [4.78, 5) is 23.0. The van der Waals surface area contributed by atoms with Crippen LogP contribution in [0.2, 0.25) is 0 Å². The molecule has 0 spiro atoms. The van der Waals surface area contributed by atoms with E-state index < -0.39 is 12.0 Å². The highest BCUT2D eigenvalue weighted by atomic mass is 16.2. The molecule has 0 saturated heterocycles. The minimum absolute atomic E-state index is 0.177. The molecule has 5 heteroatoms. The summed E-state index contributed by atoms with van der Waals surface area (Å²) >= 11 is 0. The smallest absolute Gasteiger partial charge is 0.242 e. The van der Waals surface area contributed by atoms with E-state index in [-0.39, 0.29) is 17.9 Å². The molecule has 1 aliphatic carbocycles. The van der Waals surface area contributed by atoms with E-state index in [2.05, 4.69) is 10.6 Å². The van der Waals surface area contributed by atoms with Crippen molar-refractivity contribution in [3.63, 3.8) is 0 Å². The molecule has 16 heavy (non-hydrogen) atoms. The molecule has 2 unspecified atom stereocenters. The summed E-state index contributed by atoms with van der Waals surface area (Å²) < 4.78 is 0. The molecular weight excluding hydrogens is 206 g/mol. The van der Waals surface area contributed by atoms with E-state index in [1.54, 1.807) is 13.8 Å². The molecule has 0 bridgehead atoms. The van der Waals surface area contributed by atoms with Gasteiger partial charge in [-0.25, -0.2) is 0 Å². The number of hydrogen-bond acceptors (Lipinski definition) is 3. The van der Waals surface area contributed by atoms with Crippen LogP contribution < -0.4 is 10.6 Å². The van der Waals surface area contributed by atoms with Crippen molar-refractivity contribution in [3.05, 3.63) is 0 Å². The SMILES string of the molecule is CCC(C#N)C(=O)NC(C)C(=O)NC1CC1. The molecule has 1 rings (SSSR count). The molecule has 0 heterocycles. The minimum Gasteiger partial charge on any atom is -0.352 e. The van der Waals surface area contributed by atoms with Crippen LogP contribution in [0.25, 0.3) is 0 Å². The summed E-state index contributed by atoms with van der Waals surface area (Å²) in [6.07, 6.45) is 2.49. The number of rotatable bonds is 5. The first-order valence-corrected chi connectivity index (χ1v) is 5.58. The van der Waals surface area contributed by atoms with Gasteiger partial charge in [0.25, 0.3) is 0 Å². The lowest BCUT2D eigenvalue weighted by Crippen LogP contribution is -2.47. The van der Waals surface area contributed by atoms with Gasteiger partial charge in [-0.3, -0.25) is 9.59 Å². The van der Waals surface area contributed by atoms with Crippen molar-refractivity contribution >= 4 is 11.8 Å². The minimum atomic E-state index is -0.670. The number of carbonyl (C=O) groups is 2. The summed E-state index contributed by atoms with van der Waals surface area (Å²) in [7, 11) is 0. The number of carbonyl (C=O) groups excluding carboxylic acids is 2. The van der Waals surface area contributed by atoms with E-state index in [9.17, 15) is 9.59 Å². The van der Waals surface area contributed by atoms with Crippen molar-refractivity contribution in [3.8, 4) is 6.07 Å². The Bertz CT molecular complexity index is 318. The monoisotopic (exact) mass is 223 g/mol. The summed E-state index contributed by atoms with van der Waals surface area (Å²) in [5.74, 6) is -1.22. The molecule has 1 saturated carbocycles. The van der Waals surface area contributed by atoms with Crippen molar-refractivity contribution in [1.29, 1.82) is 5.26 Å². The summed E-state index contributed by atoms with van der Waals surface area (Å²) in [6.45, 7) is 3.39. The van der Waals surface area contributed by atoms with Gasteiger partial charge < -0.3 is 10.6 Å². The van der Waals surface area contributed by atoms with E-state index in [0.29, 0.717) is 6.42 Å². The van der Waals surface area contributed by atoms with Crippen LogP contribution in [0.15, 0.2) is 0 Å². The Balaban J connectivity index is 2.37. The molecule has 0 aromatic rings. The van der Waals surface area contributed by atoms with Gasteiger partial charge in [0.2, 0.25) is 11.8 Å².